The number of aryl methyl sites for hydroxylation is 3. The third-order valence-corrected chi connectivity index (χ3v) is 5.30. The number of halogens is 1. The van der Waals surface area contributed by atoms with Crippen LogP contribution in [0.2, 0.25) is 0 Å². The molecule has 0 amide bonds. The maximum Gasteiger partial charge on any atom is 0.350 e. The van der Waals surface area contributed by atoms with Crippen LogP contribution in [0, 0.1) is 20.8 Å². The fourth-order valence-corrected chi connectivity index (χ4v) is 2.79. The number of hydrogen-bond donors (Lipinski definition) is 1. The number of ketones is 1. The van der Waals surface area contributed by atoms with Gasteiger partial charge in [0.15, 0.2) is 11.2 Å². The highest BCUT2D eigenvalue weighted by Crippen LogP contribution is 2.12. The lowest BCUT2D eigenvalue weighted by Crippen LogP contribution is -2.24. The molecule has 0 radical (unpaired) electrons. The summed E-state index contributed by atoms with van der Waals surface area (Å²) >= 11 is 12.4. The molecule has 1 unspecified atom stereocenters. The normalized spacial score (nSPS) is 9.90. The molecule has 2 aromatic rings. The van der Waals surface area contributed by atoms with E-state index in [0.29, 0.717) is 11.5 Å². The number of ether oxygens (including phenoxy) is 2. The molecule has 0 aromatic carbocycles. The lowest BCUT2D eigenvalue weighted by Gasteiger charge is -2.03. The number of hydrogen-bond acceptors (Lipinski definition) is 10. The van der Waals surface area contributed by atoms with Crippen LogP contribution < -0.4 is 5.73 Å². The van der Waals surface area contributed by atoms with Gasteiger partial charge in [0, 0.05) is 4.88 Å². The van der Waals surface area contributed by atoms with Crippen molar-refractivity contribution in [2.24, 2.45) is 5.73 Å². The largest absolute Gasteiger partial charge is 0.465 e. The van der Waals surface area contributed by atoms with Crippen molar-refractivity contribution >= 4 is 69.7 Å². The van der Waals surface area contributed by atoms with E-state index in [1.54, 1.807) is 37.6 Å². The Kier molecular flexibility index (Phi) is 18.9. The Balaban J connectivity index is 0. The van der Waals surface area contributed by atoms with E-state index in [-0.39, 0.29) is 18.4 Å². The first kappa shape index (κ1) is 31.2. The number of alkyl halides is 1. The van der Waals surface area contributed by atoms with E-state index in [2.05, 4.69) is 39.6 Å². The van der Waals surface area contributed by atoms with Crippen LogP contribution in [0.3, 0.4) is 0 Å². The Morgan fingerprint density at radius 3 is 1.87 bits per heavy atom. The van der Waals surface area contributed by atoms with Gasteiger partial charge in [0.25, 0.3) is 0 Å². The lowest BCUT2D eigenvalue weighted by atomic mass is 10.3. The highest BCUT2D eigenvalue weighted by atomic mass is 35.5. The van der Waals surface area contributed by atoms with Crippen LogP contribution in [-0.4, -0.2) is 51.8 Å². The molecule has 0 saturated heterocycles. The standard InChI is InChI=1S/C7H9NO2S.C6H9ClO3.C5H7NS.CH3NS/c1-3-10-7(9)6-5(2)8-4-11-6;1-3-10-6(9)5(7)4(2)8;1-4-5(2)7-3-6-4;2-1-3/h4H,3H2,1-2H3;5H,3H2,1-2H3;3H,1-2H3;1H,(H2,2,3). The summed E-state index contributed by atoms with van der Waals surface area (Å²) in [7, 11) is 0. The summed E-state index contributed by atoms with van der Waals surface area (Å²) in [5.74, 6) is -1.33. The third-order valence-electron chi connectivity index (χ3n) is 3.04. The molecule has 0 spiro atoms. The number of Topliss-reactive ketones (excluding diaryl/α,β-unsaturated/α-hetero) is 1. The number of nitrogens with two attached hydrogens (primary N) is 1. The summed E-state index contributed by atoms with van der Waals surface area (Å²) in [6.07, 6.45) is 0. The minimum atomic E-state index is -1.14. The van der Waals surface area contributed by atoms with Crippen LogP contribution in [0.15, 0.2) is 11.0 Å². The Hall–Kier alpha value is -1.95. The predicted octanol–water partition coefficient (Wildman–Crippen LogP) is 4.04. The van der Waals surface area contributed by atoms with Gasteiger partial charge >= 0.3 is 11.9 Å². The number of carbonyl (C=O) groups is 3. The molecule has 2 N–H and O–H groups in total. The molecule has 174 valence electrons. The molecule has 0 aliphatic rings. The van der Waals surface area contributed by atoms with Crippen molar-refractivity contribution in [3.63, 3.8) is 0 Å². The second-order valence-corrected chi connectivity index (χ2v) is 7.96. The molecular formula is C19H28ClN3O5S3. The quantitative estimate of drug-likeness (QED) is 0.275. The number of nitrogens with zero attached hydrogens (tertiary/aromatic N) is 2. The van der Waals surface area contributed by atoms with Gasteiger partial charge in [-0.25, -0.2) is 19.6 Å². The second-order valence-electron chi connectivity index (χ2n) is 5.34. The summed E-state index contributed by atoms with van der Waals surface area (Å²) in [5, 5.41) is -1.14. The number of carbonyl (C=O) groups excluding carboxylic acids is 3. The summed E-state index contributed by atoms with van der Waals surface area (Å²) < 4.78 is 9.27. The molecular weight excluding hydrogens is 482 g/mol. The Labute approximate surface area is 201 Å². The highest BCUT2D eigenvalue weighted by molar-refractivity contribution is 7.78. The fraction of sp³-hybridized carbons (Fsp3) is 0.474. The molecule has 0 aliphatic carbocycles. The smallest absolute Gasteiger partial charge is 0.350 e. The summed E-state index contributed by atoms with van der Waals surface area (Å²) in [5.41, 5.74) is 11.0. The van der Waals surface area contributed by atoms with E-state index in [9.17, 15) is 14.4 Å². The Bertz CT molecular complexity index is 795. The monoisotopic (exact) mass is 509 g/mol. The van der Waals surface area contributed by atoms with Gasteiger partial charge in [-0.15, -0.1) is 34.3 Å². The molecule has 0 fully saturated rings. The van der Waals surface area contributed by atoms with Crippen molar-refractivity contribution in [1.29, 1.82) is 0 Å². The van der Waals surface area contributed by atoms with Crippen LogP contribution >= 0.6 is 46.5 Å². The molecule has 2 aromatic heterocycles. The molecule has 12 heteroatoms. The number of thiazole rings is 2. The van der Waals surface area contributed by atoms with E-state index < -0.39 is 11.3 Å². The third kappa shape index (κ3) is 14.6. The van der Waals surface area contributed by atoms with Crippen molar-refractivity contribution in [2.45, 2.75) is 46.9 Å². The SMILES string of the molecule is CCOC(=O)C(Cl)C(C)=O.CCOC(=O)c1scnc1C.Cc1ncsc1C.NC=S. The predicted molar refractivity (Wildman–Crippen MR) is 129 cm³/mol. The molecule has 0 aliphatic heterocycles. The van der Waals surface area contributed by atoms with Crippen molar-refractivity contribution in [3.8, 4) is 0 Å². The first-order chi connectivity index (χ1) is 14.6. The summed E-state index contributed by atoms with van der Waals surface area (Å²) in [4.78, 5) is 42.0. The average molecular weight is 510 g/mol. The molecule has 8 nitrogen and oxygen atoms in total. The van der Waals surface area contributed by atoms with E-state index >= 15 is 0 Å². The number of thiocarbonyl (C=S) groups is 1. The average Bonchev–Trinajstić information content (AvgIpc) is 3.31. The molecule has 0 saturated carbocycles. The van der Waals surface area contributed by atoms with Crippen LogP contribution in [-0.2, 0) is 19.1 Å². The van der Waals surface area contributed by atoms with Gasteiger partial charge < -0.3 is 15.2 Å². The second kappa shape index (κ2) is 18.8. The van der Waals surface area contributed by atoms with Crippen LogP contribution in [0.5, 0.6) is 0 Å². The van der Waals surface area contributed by atoms with Crippen molar-refractivity contribution in [3.05, 3.63) is 32.2 Å². The van der Waals surface area contributed by atoms with Crippen LogP contribution in [0.1, 0.15) is 46.7 Å². The first-order valence-electron chi connectivity index (χ1n) is 8.97. The van der Waals surface area contributed by atoms with Gasteiger partial charge in [0.05, 0.1) is 41.1 Å². The van der Waals surface area contributed by atoms with Gasteiger partial charge in [0.2, 0.25) is 0 Å². The molecule has 1 atom stereocenters. The van der Waals surface area contributed by atoms with Gasteiger partial charge in [0.1, 0.15) is 4.88 Å². The Morgan fingerprint density at radius 1 is 1.10 bits per heavy atom. The molecule has 2 heterocycles. The van der Waals surface area contributed by atoms with Crippen molar-refractivity contribution in [2.75, 3.05) is 13.2 Å². The first-order valence-corrected chi connectivity index (χ1v) is 11.6. The lowest BCUT2D eigenvalue weighted by molar-refractivity contribution is -0.144. The topological polar surface area (TPSA) is 121 Å². The van der Waals surface area contributed by atoms with E-state index in [0.717, 1.165) is 16.9 Å². The molecule has 0 bridgehead atoms. The maximum absolute atomic E-state index is 11.1. The molecule has 31 heavy (non-hydrogen) atoms. The highest BCUT2D eigenvalue weighted by Gasteiger charge is 2.20. The van der Waals surface area contributed by atoms with Crippen molar-refractivity contribution < 1.29 is 23.9 Å². The molecule has 2 rings (SSSR count). The minimum Gasteiger partial charge on any atom is -0.465 e. The summed E-state index contributed by atoms with van der Waals surface area (Å²) in [6.45, 7) is 11.2. The zero-order valence-electron chi connectivity index (χ0n) is 18.3. The zero-order valence-corrected chi connectivity index (χ0v) is 21.5. The Morgan fingerprint density at radius 2 is 1.58 bits per heavy atom. The maximum atomic E-state index is 11.1. The minimum absolute atomic E-state index is 0.245. The zero-order chi connectivity index (χ0) is 24.4. The van der Waals surface area contributed by atoms with Crippen LogP contribution in [0.4, 0.5) is 0 Å². The van der Waals surface area contributed by atoms with E-state index in [4.69, 9.17) is 16.3 Å². The van der Waals surface area contributed by atoms with Gasteiger partial charge in [-0.3, -0.25) is 4.79 Å². The van der Waals surface area contributed by atoms with Gasteiger partial charge in [-0.05, 0) is 41.5 Å². The number of aromatic nitrogens is 2. The van der Waals surface area contributed by atoms with Gasteiger partial charge in [-0.1, -0.05) is 12.2 Å². The van der Waals surface area contributed by atoms with E-state index in [1.165, 1.54) is 23.1 Å². The van der Waals surface area contributed by atoms with Crippen molar-refractivity contribution in [1.82, 2.24) is 9.97 Å². The number of rotatable bonds is 5. The van der Waals surface area contributed by atoms with Crippen LogP contribution in [0.25, 0.3) is 0 Å². The van der Waals surface area contributed by atoms with Gasteiger partial charge in [-0.2, -0.15) is 0 Å². The number of esters is 2. The van der Waals surface area contributed by atoms with E-state index in [1.807, 2.05) is 12.4 Å². The fourth-order valence-electron chi connectivity index (χ4n) is 1.44. The summed E-state index contributed by atoms with van der Waals surface area (Å²) in [6, 6.07) is 0.